The maximum absolute atomic E-state index is 9.50. The molecule has 0 aliphatic carbocycles. The van der Waals surface area contributed by atoms with Crippen molar-refractivity contribution in [1.82, 2.24) is 10.6 Å². The van der Waals surface area contributed by atoms with Crippen molar-refractivity contribution in [2.45, 2.75) is 38.4 Å². The number of hydrogen-bond acceptors (Lipinski definition) is 4. The Hall–Kier alpha value is -1.10. The molecule has 0 spiro atoms. The summed E-state index contributed by atoms with van der Waals surface area (Å²) in [5.41, 5.74) is 1.11. The summed E-state index contributed by atoms with van der Waals surface area (Å²) in [7, 11) is 0. The lowest BCUT2D eigenvalue weighted by atomic mass is 10.0. The maximum atomic E-state index is 9.50. The smallest absolute Gasteiger partial charge is 0.115 e. The molecule has 2 rings (SSSR count). The molecule has 1 fully saturated rings. The summed E-state index contributed by atoms with van der Waals surface area (Å²) in [6.07, 6.45) is 1.04. The zero-order valence-electron chi connectivity index (χ0n) is 11.7. The van der Waals surface area contributed by atoms with Crippen molar-refractivity contribution >= 4 is 0 Å². The van der Waals surface area contributed by atoms with Gasteiger partial charge >= 0.3 is 0 Å². The first kappa shape index (κ1) is 14.3. The summed E-state index contributed by atoms with van der Waals surface area (Å²) in [6.45, 7) is 6.87. The van der Waals surface area contributed by atoms with Gasteiger partial charge in [-0.05, 0) is 38.0 Å². The van der Waals surface area contributed by atoms with E-state index in [4.69, 9.17) is 4.74 Å². The SMILES string of the molecule is CC(CC1COCCN1)NC(C)c1cccc(O)c1. The van der Waals surface area contributed by atoms with Crippen molar-refractivity contribution in [3.63, 3.8) is 0 Å². The van der Waals surface area contributed by atoms with Crippen LogP contribution in [0.5, 0.6) is 5.75 Å². The Morgan fingerprint density at radius 1 is 1.47 bits per heavy atom. The number of phenols is 1. The second-order valence-corrected chi connectivity index (χ2v) is 5.35. The Bertz CT molecular complexity index is 391. The summed E-state index contributed by atoms with van der Waals surface area (Å²) in [4.78, 5) is 0. The van der Waals surface area contributed by atoms with Crippen LogP contribution >= 0.6 is 0 Å². The highest BCUT2D eigenvalue weighted by molar-refractivity contribution is 5.29. The van der Waals surface area contributed by atoms with E-state index < -0.39 is 0 Å². The molecule has 4 heteroatoms. The first-order chi connectivity index (χ1) is 9.15. The Morgan fingerprint density at radius 3 is 3.00 bits per heavy atom. The summed E-state index contributed by atoms with van der Waals surface area (Å²) < 4.78 is 5.46. The van der Waals surface area contributed by atoms with Gasteiger partial charge in [0, 0.05) is 24.7 Å². The van der Waals surface area contributed by atoms with E-state index in [2.05, 4.69) is 24.5 Å². The van der Waals surface area contributed by atoms with Crippen LogP contribution in [0, 0.1) is 0 Å². The van der Waals surface area contributed by atoms with E-state index in [0.717, 1.165) is 31.7 Å². The first-order valence-electron chi connectivity index (χ1n) is 7.01. The van der Waals surface area contributed by atoms with Crippen LogP contribution in [0.25, 0.3) is 0 Å². The minimum Gasteiger partial charge on any atom is -0.508 e. The van der Waals surface area contributed by atoms with Gasteiger partial charge in [-0.1, -0.05) is 12.1 Å². The summed E-state index contributed by atoms with van der Waals surface area (Å²) >= 11 is 0. The predicted octanol–water partition coefficient (Wildman–Crippen LogP) is 1.81. The highest BCUT2D eigenvalue weighted by atomic mass is 16.5. The molecular weight excluding hydrogens is 240 g/mol. The molecule has 3 N–H and O–H groups in total. The molecule has 1 aliphatic heterocycles. The van der Waals surface area contributed by atoms with E-state index in [0.29, 0.717) is 17.8 Å². The summed E-state index contributed by atoms with van der Waals surface area (Å²) in [5.74, 6) is 0.321. The summed E-state index contributed by atoms with van der Waals surface area (Å²) in [5, 5.41) is 16.5. The Balaban J connectivity index is 1.82. The number of rotatable bonds is 5. The lowest BCUT2D eigenvalue weighted by Gasteiger charge is -2.28. The van der Waals surface area contributed by atoms with Crippen LogP contribution in [0.4, 0.5) is 0 Å². The molecule has 0 bridgehead atoms. The molecule has 1 aromatic rings. The van der Waals surface area contributed by atoms with Gasteiger partial charge < -0.3 is 20.5 Å². The standard InChI is InChI=1S/C15H24N2O2/c1-11(8-14-10-19-7-6-16-14)17-12(2)13-4-3-5-15(18)9-13/h3-5,9,11-12,14,16-18H,6-8,10H2,1-2H3. The molecule has 1 heterocycles. The van der Waals surface area contributed by atoms with E-state index in [1.807, 2.05) is 18.2 Å². The molecule has 1 saturated heterocycles. The van der Waals surface area contributed by atoms with Crippen molar-refractivity contribution in [2.24, 2.45) is 0 Å². The molecule has 0 amide bonds. The van der Waals surface area contributed by atoms with Crippen LogP contribution in [0.2, 0.25) is 0 Å². The Morgan fingerprint density at radius 2 is 2.32 bits per heavy atom. The molecule has 4 nitrogen and oxygen atoms in total. The van der Waals surface area contributed by atoms with Crippen molar-refractivity contribution in [1.29, 1.82) is 0 Å². The zero-order valence-corrected chi connectivity index (χ0v) is 11.7. The van der Waals surface area contributed by atoms with E-state index in [9.17, 15) is 5.11 Å². The number of nitrogens with one attached hydrogen (secondary N) is 2. The fourth-order valence-electron chi connectivity index (χ4n) is 2.58. The van der Waals surface area contributed by atoms with Crippen molar-refractivity contribution in [2.75, 3.05) is 19.8 Å². The van der Waals surface area contributed by atoms with Gasteiger partial charge in [0.25, 0.3) is 0 Å². The number of benzene rings is 1. The van der Waals surface area contributed by atoms with Crippen molar-refractivity contribution in [3.8, 4) is 5.75 Å². The van der Waals surface area contributed by atoms with Gasteiger partial charge in [-0.3, -0.25) is 0 Å². The third-order valence-corrected chi connectivity index (χ3v) is 3.54. The van der Waals surface area contributed by atoms with Gasteiger partial charge in [0.05, 0.1) is 13.2 Å². The van der Waals surface area contributed by atoms with Gasteiger partial charge in [-0.2, -0.15) is 0 Å². The third-order valence-electron chi connectivity index (χ3n) is 3.54. The number of aromatic hydroxyl groups is 1. The molecular formula is C15H24N2O2. The van der Waals surface area contributed by atoms with Crippen LogP contribution in [0.1, 0.15) is 31.9 Å². The predicted molar refractivity (Wildman–Crippen MR) is 76.3 cm³/mol. The quantitative estimate of drug-likeness (QED) is 0.759. The first-order valence-corrected chi connectivity index (χ1v) is 7.01. The number of phenolic OH excluding ortho intramolecular Hbond substituents is 1. The highest BCUT2D eigenvalue weighted by Gasteiger charge is 2.17. The second kappa shape index (κ2) is 6.89. The molecule has 106 valence electrons. The second-order valence-electron chi connectivity index (χ2n) is 5.35. The van der Waals surface area contributed by atoms with Gasteiger partial charge in [0.2, 0.25) is 0 Å². The molecule has 3 atom stereocenters. The Labute approximate surface area is 115 Å². The van der Waals surface area contributed by atoms with Crippen LogP contribution in [-0.4, -0.2) is 36.9 Å². The lowest BCUT2D eigenvalue weighted by Crippen LogP contribution is -2.45. The van der Waals surface area contributed by atoms with E-state index in [-0.39, 0.29) is 6.04 Å². The van der Waals surface area contributed by atoms with Crippen molar-refractivity contribution in [3.05, 3.63) is 29.8 Å². The van der Waals surface area contributed by atoms with Crippen LogP contribution < -0.4 is 10.6 Å². The summed E-state index contributed by atoms with van der Waals surface area (Å²) in [6, 6.07) is 8.49. The molecule has 0 radical (unpaired) electrons. The van der Waals surface area contributed by atoms with Crippen LogP contribution in [0.3, 0.4) is 0 Å². The van der Waals surface area contributed by atoms with E-state index in [1.165, 1.54) is 0 Å². The normalized spacial score (nSPS) is 22.9. The molecule has 3 unspecified atom stereocenters. The lowest BCUT2D eigenvalue weighted by molar-refractivity contribution is 0.0708. The maximum Gasteiger partial charge on any atom is 0.115 e. The fourth-order valence-corrected chi connectivity index (χ4v) is 2.58. The molecule has 19 heavy (non-hydrogen) atoms. The van der Waals surface area contributed by atoms with Gasteiger partial charge in [-0.25, -0.2) is 0 Å². The van der Waals surface area contributed by atoms with Gasteiger partial charge in [0.1, 0.15) is 5.75 Å². The van der Waals surface area contributed by atoms with E-state index >= 15 is 0 Å². The van der Waals surface area contributed by atoms with Gasteiger partial charge in [0.15, 0.2) is 0 Å². The largest absolute Gasteiger partial charge is 0.508 e. The number of morpholine rings is 1. The fraction of sp³-hybridized carbons (Fsp3) is 0.600. The minimum absolute atomic E-state index is 0.228. The molecule has 1 aromatic carbocycles. The molecule has 0 aromatic heterocycles. The third kappa shape index (κ3) is 4.49. The average Bonchev–Trinajstić information content (AvgIpc) is 2.39. The van der Waals surface area contributed by atoms with Gasteiger partial charge in [-0.15, -0.1) is 0 Å². The minimum atomic E-state index is 0.228. The van der Waals surface area contributed by atoms with Crippen LogP contribution in [-0.2, 0) is 4.74 Å². The zero-order chi connectivity index (χ0) is 13.7. The van der Waals surface area contributed by atoms with E-state index in [1.54, 1.807) is 6.07 Å². The monoisotopic (exact) mass is 264 g/mol. The van der Waals surface area contributed by atoms with Crippen LogP contribution in [0.15, 0.2) is 24.3 Å². The Kier molecular flexibility index (Phi) is 5.19. The highest BCUT2D eigenvalue weighted by Crippen LogP contribution is 2.18. The number of hydrogen-bond donors (Lipinski definition) is 3. The topological polar surface area (TPSA) is 53.5 Å². The molecule has 1 aliphatic rings. The van der Waals surface area contributed by atoms with Crippen molar-refractivity contribution < 1.29 is 9.84 Å². The molecule has 0 saturated carbocycles. The number of ether oxygens (including phenoxy) is 1. The average molecular weight is 264 g/mol.